The molecule has 1 heterocycles. The van der Waals surface area contributed by atoms with E-state index in [1.165, 1.54) is 31.2 Å². The average molecular weight is 247 g/mol. The SMILES string of the molecule is CC1(C)CCC(C2CNc3c(F)cccc32)CC1. The molecule has 1 fully saturated rings. The first-order chi connectivity index (χ1) is 8.57. The minimum atomic E-state index is -0.0915. The zero-order valence-electron chi connectivity index (χ0n) is 11.3. The Kier molecular flexibility index (Phi) is 2.84. The van der Waals surface area contributed by atoms with Crippen molar-refractivity contribution >= 4 is 5.69 Å². The van der Waals surface area contributed by atoms with Crippen LogP contribution in [0.2, 0.25) is 0 Å². The zero-order chi connectivity index (χ0) is 12.8. The minimum Gasteiger partial charge on any atom is -0.382 e. The summed E-state index contributed by atoms with van der Waals surface area (Å²) < 4.78 is 13.7. The summed E-state index contributed by atoms with van der Waals surface area (Å²) >= 11 is 0. The molecular weight excluding hydrogens is 225 g/mol. The van der Waals surface area contributed by atoms with Crippen LogP contribution in [0.1, 0.15) is 51.0 Å². The van der Waals surface area contributed by atoms with Crippen LogP contribution < -0.4 is 5.32 Å². The third kappa shape index (κ3) is 2.02. The van der Waals surface area contributed by atoms with Crippen molar-refractivity contribution in [1.82, 2.24) is 0 Å². The smallest absolute Gasteiger partial charge is 0.146 e. The van der Waals surface area contributed by atoms with Gasteiger partial charge in [0.15, 0.2) is 0 Å². The van der Waals surface area contributed by atoms with Gasteiger partial charge in [0.05, 0.1) is 5.69 Å². The highest BCUT2D eigenvalue weighted by molar-refractivity contribution is 5.58. The number of anilines is 1. The number of fused-ring (bicyclic) bond motifs is 1. The van der Waals surface area contributed by atoms with Gasteiger partial charge in [0.1, 0.15) is 5.82 Å². The van der Waals surface area contributed by atoms with E-state index in [0.717, 1.165) is 18.2 Å². The Morgan fingerprint density at radius 3 is 2.67 bits per heavy atom. The molecule has 1 saturated carbocycles. The van der Waals surface area contributed by atoms with Crippen LogP contribution >= 0.6 is 0 Å². The van der Waals surface area contributed by atoms with Gasteiger partial charge in [-0.1, -0.05) is 26.0 Å². The summed E-state index contributed by atoms with van der Waals surface area (Å²) in [6.45, 7) is 5.65. The third-order valence-corrected chi connectivity index (χ3v) is 4.90. The summed E-state index contributed by atoms with van der Waals surface area (Å²) in [4.78, 5) is 0. The van der Waals surface area contributed by atoms with Gasteiger partial charge in [0, 0.05) is 12.5 Å². The van der Waals surface area contributed by atoms with Crippen molar-refractivity contribution in [2.45, 2.75) is 45.4 Å². The lowest BCUT2D eigenvalue weighted by Gasteiger charge is -2.37. The summed E-state index contributed by atoms with van der Waals surface area (Å²) in [5, 5.41) is 3.26. The first-order valence-electron chi connectivity index (χ1n) is 7.09. The Hall–Kier alpha value is -1.05. The first-order valence-corrected chi connectivity index (χ1v) is 7.09. The van der Waals surface area contributed by atoms with E-state index >= 15 is 0 Å². The molecule has 0 aromatic heterocycles. The molecule has 98 valence electrons. The van der Waals surface area contributed by atoms with Gasteiger partial charge in [-0.25, -0.2) is 4.39 Å². The summed E-state index contributed by atoms with van der Waals surface area (Å²) in [7, 11) is 0. The fourth-order valence-corrected chi connectivity index (χ4v) is 3.60. The van der Waals surface area contributed by atoms with Crippen LogP contribution in [0.5, 0.6) is 0 Å². The molecule has 1 nitrogen and oxygen atoms in total. The van der Waals surface area contributed by atoms with E-state index < -0.39 is 0 Å². The van der Waals surface area contributed by atoms with E-state index in [2.05, 4.69) is 25.2 Å². The van der Waals surface area contributed by atoms with E-state index in [1.807, 2.05) is 6.07 Å². The fraction of sp³-hybridized carbons (Fsp3) is 0.625. The van der Waals surface area contributed by atoms with E-state index in [1.54, 1.807) is 6.07 Å². The first kappa shape index (κ1) is 12.0. The lowest BCUT2D eigenvalue weighted by atomic mass is 9.68. The maximum atomic E-state index is 13.7. The van der Waals surface area contributed by atoms with Gasteiger partial charge in [-0.05, 0) is 48.6 Å². The van der Waals surface area contributed by atoms with Gasteiger partial charge >= 0.3 is 0 Å². The molecule has 1 atom stereocenters. The molecule has 18 heavy (non-hydrogen) atoms. The molecule has 1 aliphatic heterocycles. The highest BCUT2D eigenvalue weighted by Crippen LogP contribution is 2.47. The van der Waals surface area contributed by atoms with Crippen molar-refractivity contribution in [1.29, 1.82) is 0 Å². The van der Waals surface area contributed by atoms with Crippen LogP contribution in [-0.2, 0) is 0 Å². The molecule has 0 amide bonds. The molecule has 2 heteroatoms. The predicted molar refractivity (Wildman–Crippen MR) is 73.4 cm³/mol. The van der Waals surface area contributed by atoms with Crippen molar-refractivity contribution in [2.24, 2.45) is 11.3 Å². The van der Waals surface area contributed by atoms with E-state index in [9.17, 15) is 4.39 Å². The standard InChI is InChI=1S/C16H22FN/c1-16(2)8-6-11(7-9-16)13-10-18-15-12(13)4-3-5-14(15)17/h3-5,11,13,18H,6-10H2,1-2H3. The molecule has 1 unspecified atom stereocenters. The lowest BCUT2D eigenvalue weighted by molar-refractivity contribution is 0.176. The largest absolute Gasteiger partial charge is 0.382 e. The Morgan fingerprint density at radius 2 is 1.94 bits per heavy atom. The zero-order valence-corrected chi connectivity index (χ0v) is 11.3. The molecule has 3 rings (SSSR count). The Labute approximate surface area is 109 Å². The Bertz CT molecular complexity index is 442. The van der Waals surface area contributed by atoms with Gasteiger partial charge in [-0.3, -0.25) is 0 Å². The van der Waals surface area contributed by atoms with Crippen LogP contribution in [0.15, 0.2) is 18.2 Å². The normalized spacial score (nSPS) is 26.7. The highest BCUT2D eigenvalue weighted by Gasteiger charge is 2.35. The van der Waals surface area contributed by atoms with E-state index in [4.69, 9.17) is 0 Å². The molecule has 0 spiro atoms. The van der Waals surface area contributed by atoms with Crippen LogP contribution in [0.3, 0.4) is 0 Å². The number of hydrogen-bond acceptors (Lipinski definition) is 1. The Balaban J connectivity index is 1.79. The summed E-state index contributed by atoms with van der Waals surface area (Å²) in [5.74, 6) is 1.16. The molecule has 1 aromatic rings. The number of rotatable bonds is 1. The number of halogens is 1. The topological polar surface area (TPSA) is 12.0 Å². The minimum absolute atomic E-state index is 0.0915. The summed E-state index contributed by atoms with van der Waals surface area (Å²) in [6.07, 6.45) is 5.18. The molecule has 2 aliphatic rings. The van der Waals surface area contributed by atoms with Gasteiger partial charge in [0.2, 0.25) is 0 Å². The second kappa shape index (κ2) is 4.25. The second-order valence-corrected chi connectivity index (χ2v) is 6.69. The highest BCUT2D eigenvalue weighted by atomic mass is 19.1. The maximum Gasteiger partial charge on any atom is 0.146 e. The van der Waals surface area contributed by atoms with Gasteiger partial charge in [0.25, 0.3) is 0 Å². The second-order valence-electron chi connectivity index (χ2n) is 6.69. The number of benzene rings is 1. The molecule has 1 aromatic carbocycles. The third-order valence-electron chi connectivity index (χ3n) is 4.90. The van der Waals surface area contributed by atoms with Crippen LogP contribution in [0.25, 0.3) is 0 Å². The molecule has 1 aliphatic carbocycles. The predicted octanol–water partition coefficient (Wildman–Crippen LogP) is 4.55. The lowest BCUT2D eigenvalue weighted by Crippen LogP contribution is -2.25. The quantitative estimate of drug-likeness (QED) is 0.767. The number of para-hydroxylation sites is 1. The fourth-order valence-electron chi connectivity index (χ4n) is 3.60. The number of hydrogen-bond donors (Lipinski definition) is 1. The van der Waals surface area contributed by atoms with Crippen LogP contribution in [0.4, 0.5) is 10.1 Å². The van der Waals surface area contributed by atoms with E-state index in [-0.39, 0.29) is 5.82 Å². The number of nitrogens with one attached hydrogen (secondary N) is 1. The van der Waals surface area contributed by atoms with Gasteiger partial charge in [-0.2, -0.15) is 0 Å². The van der Waals surface area contributed by atoms with Crippen molar-refractivity contribution in [3.63, 3.8) is 0 Å². The monoisotopic (exact) mass is 247 g/mol. The van der Waals surface area contributed by atoms with Crippen molar-refractivity contribution in [3.05, 3.63) is 29.6 Å². The summed E-state index contributed by atoms with van der Waals surface area (Å²) in [6, 6.07) is 5.50. The van der Waals surface area contributed by atoms with Crippen molar-refractivity contribution < 1.29 is 4.39 Å². The Morgan fingerprint density at radius 1 is 1.22 bits per heavy atom. The molecule has 1 N–H and O–H groups in total. The van der Waals surface area contributed by atoms with Gasteiger partial charge < -0.3 is 5.32 Å². The molecule has 0 radical (unpaired) electrons. The molecular formula is C16H22FN. The maximum absolute atomic E-state index is 13.7. The summed E-state index contributed by atoms with van der Waals surface area (Å²) in [5.41, 5.74) is 2.47. The molecule has 0 saturated heterocycles. The van der Waals surface area contributed by atoms with Crippen molar-refractivity contribution in [3.8, 4) is 0 Å². The molecule has 0 bridgehead atoms. The van der Waals surface area contributed by atoms with Gasteiger partial charge in [-0.15, -0.1) is 0 Å². The average Bonchev–Trinajstić information content (AvgIpc) is 2.74. The van der Waals surface area contributed by atoms with Crippen LogP contribution in [0, 0.1) is 17.2 Å². The van der Waals surface area contributed by atoms with Crippen molar-refractivity contribution in [2.75, 3.05) is 11.9 Å². The van der Waals surface area contributed by atoms with E-state index in [0.29, 0.717) is 11.3 Å². The van der Waals surface area contributed by atoms with Crippen LogP contribution in [-0.4, -0.2) is 6.54 Å².